The molecule has 0 unspecified atom stereocenters. The van der Waals surface area contributed by atoms with Crippen molar-refractivity contribution in [2.24, 2.45) is 7.05 Å². The van der Waals surface area contributed by atoms with Crippen molar-refractivity contribution >= 4 is 23.3 Å². The number of amides is 2. The van der Waals surface area contributed by atoms with Crippen LogP contribution in [0.2, 0.25) is 5.02 Å². The molecule has 0 saturated carbocycles. The van der Waals surface area contributed by atoms with Gasteiger partial charge in [-0.25, -0.2) is 4.79 Å². The van der Waals surface area contributed by atoms with Gasteiger partial charge >= 0.3 is 6.03 Å². The normalized spacial score (nSPS) is 15.7. The number of hydrogen-bond donors (Lipinski definition) is 1. The predicted molar refractivity (Wildman–Crippen MR) is 90.5 cm³/mol. The summed E-state index contributed by atoms with van der Waals surface area (Å²) in [5.74, 6) is 0. The maximum absolute atomic E-state index is 12.3. The van der Waals surface area contributed by atoms with Crippen LogP contribution in [0.3, 0.4) is 0 Å². The number of hydrogen-bond acceptors (Lipinski definition) is 3. The first kappa shape index (κ1) is 15.8. The van der Waals surface area contributed by atoms with Crippen molar-refractivity contribution in [2.45, 2.75) is 6.54 Å². The van der Waals surface area contributed by atoms with Crippen molar-refractivity contribution in [1.29, 1.82) is 0 Å². The van der Waals surface area contributed by atoms with Gasteiger partial charge in [-0.15, -0.1) is 0 Å². The Bertz CT molecular complexity index is 661. The quantitative estimate of drug-likeness (QED) is 0.938. The van der Waals surface area contributed by atoms with Crippen LogP contribution < -0.4 is 5.32 Å². The highest BCUT2D eigenvalue weighted by atomic mass is 35.5. The number of halogens is 1. The summed E-state index contributed by atoms with van der Waals surface area (Å²) in [7, 11) is 1.92. The van der Waals surface area contributed by atoms with E-state index in [9.17, 15) is 4.79 Å². The van der Waals surface area contributed by atoms with Gasteiger partial charge in [0.1, 0.15) is 0 Å². The highest BCUT2D eigenvalue weighted by molar-refractivity contribution is 6.30. The molecule has 0 spiro atoms. The van der Waals surface area contributed by atoms with Crippen LogP contribution in [-0.4, -0.2) is 51.8 Å². The average Bonchev–Trinajstić information content (AvgIpc) is 2.95. The third-order valence-electron chi connectivity index (χ3n) is 3.92. The number of carbonyl (C=O) groups is 1. The van der Waals surface area contributed by atoms with Crippen LogP contribution in [0.1, 0.15) is 5.56 Å². The number of anilines is 1. The fourth-order valence-electron chi connectivity index (χ4n) is 2.66. The van der Waals surface area contributed by atoms with Crippen LogP contribution in [-0.2, 0) is 13.6 Å². The van der Waals surface area contributed by atoms with Crippen LogP contribution in [0.25, 0.3) is 0 Å². The fraction of sp³-hybridized carbons (Fsp3) is 0.375. The number of urea groups is 1. The maximum atomic E-state index is 12.3. The molecule has 1 saturated heterocycles. The monoisotopic (exact) mass is 333 g/mol. The number of piperazine rings is 1. The second-order valence-electron chi connectivity index (χ2n) is 5.72. The molecule has 2 amide bonds. The minimum atomic E-state index is -0.0617. The average molecular weight is 334 g/mol. The van der Waals surface area contributed by atoms with E-state index in [4.69, 9.17) is 11.6 Å². The molecule has 0 aliphatic carbocycles. The third-order valence-corrected chi connectivity index (χ3v) is 4.17. The van der Waals surface area contributed by atoms with E-state index in [0.29, 0.717) is 5.02 Å². The van der Waals surface area contributed by atoms with Gasteiger partial charge in [0, 0.05) is 62.2 Å². The molecule has 1 aromatic carbocycles. The first-order valence-electron chi connectivity index (χ1n) is 7.61. The van der Waals surface area contributed by atoms with Crippen LogP contribution in [0, 0.1) is 0 Å². The SMILES string of the molecule is Cn1cc(CN2CCN(C(=O)Nc3ccc(Cl)cc3)CC2)cn1. The Hall–Kier alpha value is -2.05. The van der Waals surface area contributed by atoms with E-state index < -0.39 is 0 Å². The number of rotatable bonds is 3. The van der Waals surface area contributed by atoms with E-state index in [-0.39, 0.29) is 6.03 Å². The molecule has 1 N–H and O–H groups in total. The largest absolute Gasteiger partial charge is 0.322 e. The molecule has 23 heavy (non-hydrogen) atoms. The van der Waals surface area contributed by atoms with Crippen molar-refractivity contribution in [3.8, 4) is 0 Å². The van der Waals surface area contributed by atoms with Gasteiger partial charge in [-0.05, 0) is 24.3 Å². The van der Waals surface area contributed by atoms with Gasteiger partial charge in [-0.1, -0.05) is 11.6 Å². The summed E-state index contributed by atoms with van der Waals surface area (Å²) in [6.07, 6.45) is 3.92. The zero-order valence-electron chi connectivity index (χ0n) is 13.1. The standard InChI is InChI=1S/C16H20ClN5O/c1-20-11-13(10-18-20)12-21-6-8-22(9-7-21)16(23)19-15-4-2-14(17)3-5-15/h2-5,10-11H,6-9,12H2,1H3,(H,19,23). The zero-order chi connectivity index (χ0) is 16.2. The molecule has 0 radical (unpaired) electrons. The van der Waals surface area contributed by atoms with Gasteiger partial charge in [0.25, 0.3) is 0 Å². The molecule has 1 fully saturated rings. The topological polar surface area (TPSA) is 53.4 Å². The summed E-state index contributed by atoms with van der Waals surface area (Å²) in [4.78, 5) is 16.4. The van der Waals surface area contributed by atoms with Crippen LogP contribution in [0.4, 0.5) is 10.5 Å². The number of nitrogens with one attached hydrogen (secondary N) is 1. The Morgan fingerprint density at radius 1 is 1.22 bits per heavy atom. The summed E-state index contributed by atoms with van der Waals surface area (Å²) in [5.41, 5.74) is 1.96. The number of benzene rings is 1. The highest BCUT2D eigenvalue weighted by Crippen LogP contribution is 2.15. The van der Waals surface area contributed by atoms with Gasteiger partial charge in [-0.3, -0.25) is 9.58 Å². The van der Waals surface area contributed by atoms with Crippen LogP contribution in [0.5, 0.6) is 0 Å². The molecule has 1 aliphatic rings. The van der Waals surface area contributed by atoms with Gasteiger partial charge in [-0.2, -0.15) is 5.10 Å². The molecule has 0 bridgehead atoms. The zero-order valence-corrected chi connectivity index (χ0v) is 13.8. The molecular formula is C16H20ClN5O. The van der Waals surface area contributed by atoms with Gasteiger partial charge in [0.2, 0.25) is 0 Å². The minimum absolute atomic E-state index is 0.0617. The molecule has 6 nitrogen and oxygen atoms in total. The van der Waals surface area contributed by atoms with Crippen molar-refractivity contribution in [3.05, 3.63) is 47.2 Å². The van der Waals surface area contributed by atoms with Crippen LogP contribution in [0.15, 0.2) is 36.7 Å². The Morgan fingerprint density at radius 2 is 1.91 bits per heavy atom. The molecule has 2 aromatic rings. The minimum Gasteiger partial charge on any atom is -0.322 e. The first-order chi connectivity index (χ1) is 11.1. The van der Waals surface area contributed by atoms with E-state index in [1.807, 2.05) is 29.0 Å². The fourth-order valence-corrected chi connectivity index (χ4v) is 2.78. The maximum Gasteiger partial charge on any atom is 0.321 e. The van der Waals surface area contributed by atoms with E-state index in [1.165, 1.54) is 5.56 Å². The lowest BCUT2D eigenvalue weighted by molar-refractivity contribution is 0.143. The van der Waals surface area contributed by atoms with E-state index >= 15 is 0 Å². The van der Waals surface area contributed by atoms with Gasteiger partial charge in [0.15, 0.2) is 0 Å². The van der Waals surface area contributed by atoms with Crippen molar-refractivity contribution in [2.75, 3.05) is 31.5 Å². The molecule has 0 atom stereocenters. The molecule has 7 heteroatoms. The highest BCUT2D eigenvalue weighted by Gasteiger charge is 2.21. The second kappa shape index (κ2) is 7.02. The van der Waals surface area contributed by atoms with Gasteiger partial charge in [0.05, 0.1) is 6.20 Å². The lowest BCUT2D eigenvalue weighted by Gasteiger charge is -2.34. The third kappa shape index (κ3) is 4.24. The Kier molecular flexibility index (Phi) is 4.83. The molecule has 1 aromatic heterocycles. The molecule has 122 valence electrons. The smallest absolute Gasteiger partial charge is 0.321 e. The van der Waals surface area contributed by atoms with E-state index in [1.54, 1.807) is 24.3 Å². The summed E-state index contributed by atoms with van der Waals surface area (Å²) in [5, 5.41) is 7.75. The van der Waals surface area contributed by atoms with E-state index in [0.717, 1.165) is 38.4 Å². The summed E-state index contributed by atoms with van der Waals surface area (Å²) >= 11 is 5.85. The summed E-state index contributed by atoms with van der Waals surface area (Å²) in [6.45, 7) is 4.05. The van der Waals surface area contributed by atoms with Crippen LogP contribution >= 0.6 is 11.6 Å². The van der Waals surface area contributed by atoms with Crippen molar-refractivity contribution in [3.63, 3.8) is 0 Å². The Morgan fingerprint density at radius 3 is 2.52 bits per heavy atom. The Balaban J connectivity index is 1.48. The number of nitrogens with zero attached hydrogens (tertiary/aromatic N) is 4. The number of carbonyl (C=O) groups excluding carboxylic acids is 1. The molecule has 1 aliphatic heterocycles. The summed E-state index contributed by atoms with van der Waals surface area (Å²) < 4.78 is 1.81. The summed E-state index contributed by atoms with van der Waals surface area (Å²) in [6, 6.07) is 7.08. The predicted octanol–water partition coefficient (Wildman–Crippen LogP) is 2.42. The molecule has 2 heterocycles. The number of aromatic nitrogens is 2. The first-order valence-corrected chi connectivity index (χ1v) is 7.99. The Labute approximate surface area is 140 Å². The van der Waals surface area contributed by atoms with Gasteiger partial charge < -0.3 is 10.2 Å². The molecular weight excluding hydrogens is 314 g/mol. The van der Waals surface area contributed by atoms with Crippen molar-refractivity contribution in [1.82, 2.24) is 19.6 Å². The lowest BCUT2D eigenvalue weighted by Crippen LogP contribution is -2.49. The second-order valence-corrected chi connectivity index (χ2v) is 6.16. The molecule has 3 rings (SSSR count). The number of aryl methyl sites for hydroxylation is 1. The van der Waals surface area contributed by atoms with E-state index in [2.05, 4.69) is 15.3 Å². The lowest BCUT2D eigenvalue weighted by atomic mass is 10.2. The van der Waals surface area contributed by atoms with Crippen molar-refractivity contribution < 1.29 is 4.79 Å².